The number of carbonyl (C=O) groups excluding carboxylic acids is 1. The molecule has 1 heterocycles. The van der Waals surface area contributed by atoms with Gasteiger partial charge in [-0.2, -0.15) is 0 Å². The number of esters is 1. The van der Waals surface area contributed by atoms with E-state index in [4.69, 9.17) is 28.5 Å². The van der Waals surface area contributed by atoms with Gasteiger partial charge < -0.3 is 28.5 Å². The minimum atomic E-state index is -2.14. The number of benzene rings is 3. The fourth-order valence-electron chi connectivity index (χ4n) is 7.73. The highest BCUT2D eigenvalue weighted by Crippen LogP contribution is 2.45. The van der Waals surface area contributed by atoms with Crippen LogP contribution in [0.25, 0.3) is 11.1 Å². The largest absolute Gasteiger partial charge is 0.491 e. The van der Waals surface area contributed by atoms with Gasteiger partial charge in [-0.05, 0) is 104 Å². The van der Waals surface area contributed by atoms with Crippen LogP contribution in [-0.2, 0) is 23.4 Å². The summed E-state index contributed by atoms with van der Waals surface area (Å²) in [6, 6.07) is 27.7. The molecule has 0 radical (unpaired) electrons. The van der Waals surface area contributed by atoms with Gasteiger partial charge in [0.1, 0.15) is 18.5 Å². The first kappa shape index (κ1) is 42.6. The molecule has 2 aliphatic rings. The van der Waals surface area contributed by atoms with Crippen molar-refractivity contribution in [2.75, 3.05) is 13.2 Å². The van der Waals surface area contributed by atoms with E-state index in [1.807, 2.05) is 72.8 Å². The fourth-order valence-corrected chi connectivity index (χ4v) is 9.11. The molecule has 1 saturated carbocycles. The molecule has 1 aliphatic heterocycles. The lowest BCUT2D eigenvalue weighted by molar-refractivity contribution is -0.196. The van der Waals surface area contributed by atoms with Crippen molar-refractivity contribution in [3.05, 3.63) is 90.5 Å². The van der Waals surface area contributed by atoms with Crippen LogP contribution in [0.15, 0.2) is 84.9 Å². The van der Waals surface area contributed by atoms with Crippen molar-refractivity contribution in [3.8, 4) is 16.9 Å². The fraction of sp³-hybridized carbons (Fsp3) is 0.565. The molecule has 0 bridgehead atoms. The molecule has 3 aromatic carbocycles. The standard InChI is InChI=1S/C46H64O8Si/c1-46(2,3)55(4,5)54-38(33-51-37-20-12-9-13-21-37)29-30-40-39(22-14-6-7-15-23-43(47)48)42(32-41(40)52-44-24-16-17-31-50-44)53-45(49)36-27-25-35(26-28-36)34-18-10-8-11-19-34/h8-13,18-21,25-28,38-42,44H,6-7,14-17,22-24,29-33H2,1-5H3,(H,47,48)/t38-,39+,40+,41?,42-,44?/m0/s1. The Morgan fingerprint density at radius 1 is 0.818 bits per heavy atom. The van der Waals surface area contributed by atoms with Crippen LogP contribution < -0.4 is 4.74 Å². The predicted molar refractivity (Wildman–Crippen MR) is 220 cm³/mol. The number of hydrogen-bond acceptors (Lipinski definition) is 7. The summed E-state index contributed by atoms with van der Waals surface area (Å²) in [4.78, 5) is 25.0. The summed E-state index contributed by atoms with van der Waals surface area (Å²) in [5.74, 6) is -0.0586. The van der Waals surface area contributed by atoms with Crippen LogP contribution in [0.5, 0.6) is 5.75 Å². The zero-order chi connectivity index (χ0) is 39.3. The number of carboxylic acid groups (broad SMARTS) is 1. The van der Waals surface area contributed by atoms with Gasteiger partial charge in [0.2, 0.25) is 0 Å². The molecule has 300 valence electrons. The molecule has 2 unspecified atom stereocenters. The number of rotatable bonds is 20. The van der Waals surface area contributed by atoms with Crippen molar-refractivity contribution >= 4 is 20.3 Å². The molecule has 9 heteroatoms. The first-order chi connectivity index (χ1) is 26.4. The van der Waals surface area contributed by atoms with Gasteiger partial charge in [-0.25, -0.2) is 4.79 Å². The summed E-state index contributed by atoms with van der Waals surface area (Å²) in [6.07, 6.45) is 8.78. The first-order valence-corrected chi connectivity index (χ1v) is 23.5. The Bertz CT molecular complexity index is 1580. The molecule has 3 aromatic rings. The van der Waals surface area contributed by atoms with Crippen molar-refractivity contribution < 1.29 is 38.1 Å². The van der Waals surface area contributed by atoms with E-state index in [-0.39, 0.29) is 53.9 Å². The van der Waals surface area contributed by atoms with E-state index in [1.165, 1.54) is 0 Å². The van der Waals surface area contributed by atoms with Crippen LogP contribution in [0, 0.1) is 11.8 Å². The minimum absolute atomic E-state index is 0.0388. The molecule has 55 heavy (non-hydrogen) atoms. The molecule has 1 aliphatic carbocycles. The Labute approximate surface area is 330 Å². The second-order valence-corrected chi connectivity index (χ2v) is 21.7. The summed E-state index contributed by atoms with van der Waals surface area (Å²) < 4.78 is 32.8. The molecular formula is C46H64O8Si. The Morgan fingerprint density at radius 3 is 2.13 bits per heavy atom. The highest BCUT2D eigenvalue weighted by atomic mass is 28.4. The number of ether oxygens (including phenoxy) is 4. The highest BCUT2D eigenvalue weighted by molar-refractivity contribution is 6.74. The molecule has 1 N–H and O–H groups in total. The molecule has 2 fully saturated rings. The van der Waals surface area contributed by atoms with Crippen molar-refractivity contribution in [1.82, 2.24) is 0 Å². The minimum Gasteiger partial charge on any atom is -0.491 e. The van der Waals surface area contributed by atoms with E-state index in [1.54, 1.807) is 0 Å². The summed E-state index contributed by atoms with van der Waals surface area (Å²) in [5.41, 5.74) is 2.68. The topological polar surface area (TPSA) is 101 Å². The van der Waals surface area contributed by atoms with Gasteiger partial charge in [0.15, 0.2) is 14.6 Å². The van der Waals surface area contributed by atoms with E-state index < -0.39 is 14.3 Å². The van der Waals surface area contributed by atoms with Crippen LogP contribution in [-0.4, -0.2) is 63.2 Å². The smallest absolute Gasteiger partial charge is 0.338 e. The van der Waals surface area contributed by atoms with Crippen molar-refractivity contribution in [2.24, 2.45) is 11.8 Å². The van der Waals surface area contributed by atoms with Crippen LogP contribution in [0.4, 0.5) is 0 Å². The molecule has 0 aromatic heterocycles. The Morgan fingerprint density at radius 2 is 1.47 bits per heavy atom. The highest BCUT2D eigenvalue weighted by Gasteiger charge is 2.47. The van der Waals surface area contributed by atoms with Gasteiger partial charge in [0, 0.05) is 25.4 Å². The number of carboxylic acids is 1. The van der Waals surface area contributed by atoms with Gasteiger partial charge >= 0.3 is 11.9 Å². The lowest BCUT2D eigenvalue weighted by Crippen LogP contribution is -2.45. The van der Waals surface area contributed by atoms with Gasteiger partial charge in [-0.1, -0.05) is 101 Å². The normalized spacial score (nSPS) is 22.2. The molecular weight excluding hydrogens is 709 g/mol. The third-order valence-electron chi connectivity index (χ3n) is 11.9. The molecule has 0 spiro atoms. The summed E-state index contributed by atoms with van der Waals surface area (Å²) >= 11 is 0. The molecule has 8 nitrogen and oxygen atoms in total. The average molecular weight is 773 g/mol. The number of aliphatic carboxylic acids is 1. The Kier molecular flexibility index (Phi) is 16.0. The van der Waals surface area contributed by atoms with Gasteiger partial charge in [-0.3, -0.25) is 4.79 Å². The molecule has 6 atom stereocenters. The third kappa shape index (κ3) is 13.0. The van der Waals surface area contributed by atoms with E-state index in [0.29, 0.717) is 31.6 Å². The zero-order valence-electron chi connectivity index (χ0n) is 33.8. The quantitative estimate of drug-likeness (QED) is 0.0688. The van der Waals surface area contributed by atoms with Gasteiger partial charge in [0.25, 0.3) is 0 Å². The summed E-state index contributed by atoms with van der Waals surface area (Å²) in [6.45, 7) is 12.5. The number of para-hydroxylation sites is 1. The second kappa shape index (κ2) is 20.6. The number of unbranched alkanes of at least 4 members (excludes halogenated alkanes) is 3. The maximum Gasteiger partial charge on any atom is 0.338 e. The number of carbonyl (C=O) groups is 2. The average Bonchev–Trinajstić information content (AvgIpc) is 3.48. The van der Waals surface area contributed by atoms with Crippen LogP contribution >= 0.6 is 0 Å². The van der Waals surface area contributed by atoms with E-state index >= 15 is 0 Å². The van der Waals surface area contributed by atoms with Crippen molar-refractivity contribution in [1.29, 1.82) is 0 Å². The third-order valence-corrected chi connectivity index (χ3v) is 16.4. The van der Waals surface area contributed by atoms with Crippen LogP contribution in [0.3, 0.4) is 0 Å². The van der Waals surface area contributed by atoms with Crippen molar-refractivity contribution in [2.45, 2.75) is 141 Å². The van der Waals surface area contributed by atoms with Crippen LogP contribution in [0.1, 0.15) is 108 Å². The van der Waals surface area contributed by atoms with Gasteiger partial charge in [-0.15, -0.1) is 0 Å². The molecule has 1 saturated heterocycles. The predicted octanol–water partition coefficient (Wildman–Crippen LogP) is 11.1. The van der Waals surface area contributed by atoms with E-state index in [9.17, 15) is 9.59 Å². The van der Waals surface area contributed by atoms with Gasteiger partial charge in [0.05, 0.1) is 17.8 Å². The molecule has 0 amide bonds. The van der Waals surface area contributed by atoms with E-state index in [0.717, 1.165) is 74.7 Å². The van der Waals surface area contributed by atoms with E-state index in [2.05, 4.69) is 46.0 Å². The Hall–Kier alpha value is -3.50. The Balaban J connectivity index is 1.36. The van der Waals surface area contributed by atoms with Crippen LogP contribution in [0.2, 0.25) is 18.1 Å². The maximum absolute atomic E-state index is 13.8. The zero-order valence-corrected chi connectivity index (χ0v) is 34.8. The van der Waals surface area contributed by atoms with Crippen molar-refractivity contribution in [3.63, 3.8) is 0 Å². The monoisotopic (exact) mass is 772 g/mol. The summed E-state index contributed by atoms with van der Waals surface area (Å²) in [5, 5.41) is 9.20. The lowest BCUT2D eigenvalue weighted by Gasteiger charge is -2.40. The summed E-state index contributed by atoms with van der Waals surface area (Å²) in [7, 11) is -2.14. The lowest BCUT2D eigenvalue weighted by atomic mass is 9.84. The number of hydrogen-bond donors (Lipinski definition) is 1. The SMILES string of the molecule is CC(C)(C)[Si](C)(C)O[C@@H](CC[C@H]1C(OC2CCCCO2)C[C@H](OC(=O)c2ccc(-c3ccccc3)cc2)[C@@H]1CCCCCCC(=O)O)COc1ccccc1. The molecule has 5 rings (SSSR count). The first-order valence-electron chi connectivity index (χ1n) is 20.6. The second-order valence-electron chi connectivity index (χ2n) is 17.0. The maximum atomic E-state index is 13.8.